The zero-order valence-electron chi connectivity index (χ0n) is 35.0. The Morgan fingerprint density at radius 3 is 1.49 bits per heavy atom. The van der Waals surface area contributed by atoms with Gasteiger partial charge in [0.15, 0.2) is 0 Å². The van der Waals surface area contributed by atoms with E-state index < -0.39 is 133 Å². The summed E-state index contributed by atoms with van der Waals surface area (Å²) < 4.78 is 0. The van der Waals surface area contributed by atoms with Gasteiger partial charge in [0, 0.05) is 52.0 Å². The zero-order valence-corrected chi connectivity index (χ0v) is 35.8. The highest BCUT2D eigenvalue weighted by atomic mass is 32.2. The van der Waals surface area contributed by atoms with Crippen LogP contribution in [0.2, 0.25) is 0 Å². The van der Waals surface area contributed by atoms with E-state index in [1.54, 1.807) is 6.26 Å². The predicted octanol–water partition coefficient (Wildman–Crippen LogP) is -6.52. The quantitative estimate of drug-likeness (QED) is 0.0655. The first-order chi connectivity index (χ1) is 29.9. The van der Waals surface area contributed by atoms with E-state index in [0.29, 0.717) is 18.6 Å². The summed E-state index contributed by atoms with van der Waals surface area (Å²) in [5.74, 6) is -6.72. The summed E-state index contributed by atoms with van der Waals surface area (Å²) in [5, 5.41) is 49.8. The topological polar surface area (TPSA) is 342 Å². The molecule has 0 aromatic carbocycles. The van der Waals surface area contributed by atoms with E-state index in [4.69, 9.17) is 10.8 Å². The number of carboxylic acids is 1. The molecule has 0 aliphatic carbocycles. The lowest BCUT2D eigenvalue weighted by atomic mass is 10.1. The second-order valence-corrected chi connectivity index (χ2v) is 17.3. The Balaban J connectivity index is 1.14. The van der Waals surface area contributed by atoms with Crippen LogP contribution in [-0.4, -0.2) is 230 Å². The molecule has 9 amide bonds. The fourth-order valence-corrected chi connectivity index (χ4v) is 9.39. The molecule has 0 spiro atoms. The maximum atomic E-state index is 14.0. The number of rotatable bonds is 17. The minimum atomic E-state index is -1.28. The standard InChI is InChI=1S/C38H58N10O14S/c1-63-9-6-23(33(57)42-16-32(55)56)43-36(60)26-10-20(49)17-46(26)30(53)14-40-34(58)25-5-3-8-45(25)38(62)28-12-22(51)19-48(28)31(54)15-41-35(59)24-4-2-7-44(24)37(61)27-11-21(50)18-47(27)29(52)13-39/h20-28,49-51H,2-19,39H2,1H3,(H,40,58)(H,41,59)(H,42,57)(H,43,60)(H,55,56)/t20-,21-,22-,23+,24+,25+,26+,27+,28+/m1/s1. The van der Waals surface area contributed by atoms with Crippen molar-refractivity contribution < 1.29 is 68.4 Å². The summed E-state index contributed by atoms with van der Waals surface area (Å²) in [6.07, 6.45) is -0.0839. The van der Waals surface area contributed by atoms with Crippen molar-refractivity contribution in [1.82, 2.24) is 45.8 Å². The van der Waals surface area contributed by atoms with Gasteiger partial charge in [-0.2, -0.15) is 11.8 Å². The van der Waals surface area contributed by atoms with Gasteiger partial charge in [-0.1, -0.05) is 0 Å². The van der Waals surface area contributed by atoms with Crippen LogP contribution in [0.5, 0.6) is 0 Å². The average Bonchev–Trinajstić information content (AvgIpc) is 4.12. The van der Waals surface area contributed by atoms with Crippen LogP contribution < -0.4 is 27.0 Å². The first-order valence-corrected chi connectivity index (χ1v) is 22.4. The Hall–Kier alpha value is -5.11. The third-order valence-corrected chi connectivity index (χ3v) is 12.7. The van der Waals surface area contributed by atoms with Crippen molar-refractivity contribution in [3.05, 3.63) is 0 Å². The highest BCUT2D eigenvalue weighted by Crippen LogP contribution is 2.28. The lowest BCUT2D eigenvalue weighted by Crippen LogP contribution is -2.56. The van der Waals surface area contributed by atoms with Gasteiger partial charge in [0.1, 0.15) is 42.8 Å². The fraction of sp³-hybridized carbons (Fsp3) is 0.737. The number of nitrogens with zero attached hydrogens (tertiary/aromatic N) is 5. The van der Waals surface area contributed by atoms with E-state index in [2.05, 4.69) is 21.3 Å². The Morgan fingerprint density at radius 2 is 1.05 bits per heavy atom. The lowest BCUT2D eigenvalue weighted by molar-refractivity contribution is -0.147. The van der Waals surface area contributed by atoms with Gasteiger partial charge in [-0.25, -0.2) is 0 Å². The van der Waals surface area contributed by atoms with Gasteiger partial charge in [-0.15, -0.1) is 0 Å². The molecule has 25 heteroatoms. The lowest BCUT2D eigenvalue weighted by Gasteiger charge is -2.32. The number of aliphatic hydroxyl groups is 3. The molecular weight excluding hydrogens is 853 g/mol. The van der Waals surface area contributed by atoms with Gasteiger partial charge in [0.2, 0.25) is 53.2 Å². The second kappa shape index (κ2) is 22.0. The molecule has 10 N–H and O–H groups in total. The number of hydrogen-bond acceptors (Lipinski definition) is 15. The fourth-order valence-electron chi connectivity index (χ4n) is 8.91. The van der Waals surface area contributed by atoms with Gasteiger partial charge in [0.05, 0.1) is 37.9 Å². The molecule has 0 saturated carbocycles. The molecule has 24 nitrogen and oxygen atoms in total. The first-order valence-electron chi connectivity index (χ1n) is 21.0. The zero-order chi connectivity index (χ0) is 46.1. The normalized spacial score (nSPS) is 27.3. The second-order valence-electron chi connectivity index (χ2n) is 16.3. The summed E-state index contributed by atoms with van der Waals surface area (Å²) in [6, 6.07) is -6.49. The van der Waals surface area contributed by atoms with E-state index in [1.807, 2.05) is 0 Å². The molecule has 0 unspecified atom stereocenters. The molecule has 0 radical (unpaired) electrons. The molecule has 9 atom stereocenters. The van der Waals surface area contributed by atoms with Crippen LogP contribution in [0.25, 0.3) is 0 Å². The number of carbonyl (C=O) groups excluding carboxylic acids is 9. The van der Waals surface area contributed by atoms with E-state index in [-0.39, 0.29) is 77.8 Å². The molecule has 0 bridgehead atoms. The number of thioether (sulfide) groups is 1. The number of carboxylic acid groups (broad SMARTS) is 1. The molecule has 0 aromatic heterocycles. The van der Waals surface area contributed by atoms with Gasteiger partial charge in [-0.05, 0) is 44.1 Å². The molecule has 350 valence electrons. The van der Waals surface area contributed by atoms with Crippen molar-refractivity contribution in [3.8, 4) is 0 Å². The van der Waals surface area contributed by atoms with Crippen molar-refractivity contribution in [2.24, 2.45) is 5.73 Å². The average molecular weight is 911 g/mol. The summed E-state index contributed by atoms with van der Waals surface area (Å²) >= 11 is 1.39. The Morgan fingerprint density at radius 1 is 0.603 bits per heavy atom. The predicted molar refractivity (Wildman–Crippen MR) is 218 cm³/mol. The van der Waals surface area contributed by atoms with Crippen LogP contribution in [0, 0.1) is 0 Å². The summed E-state index contributed by atoms with van der Waals surface area (Å²) in [6.45, 7) is -2.38. The third kappa shape index (κ3) is 11.9. The molecule has 5 saturated heterocycles. The summed E-state index contributed by atoms with van der Waals surface area (Å²) in [7, 11) is 0. The van der Waals surface area contributed by atoms with Crippen LogP contribution in [0.15, 0.2) is 0 Å². The van der Waals surface area contributed by atoms with Crippen LogP contribution in [0.3, 0.4) is 0 Å². The maximum absolute atomic E-state index is 14.0. The molecule has 5 fully saturated rings. The van der Waals surface area contributed by atoms with Gasteiger partial charge in [-0.3, -0.25) is 47.9 Å². The smallest absolute Gasteiger partial charge is 0.322 e. The van der Waals surface area contributed by atoms with E-state index >= 15 is 0 Å². The number of hydrogen-bond donors (Lipinski definition) is 9. The van der Waals surface area contributed by atoms with Gasteiger partial charge >= 0.3 is 5.97 Å². The minimum absolute atomic E-state index is 0.00829. The number of nitrogens with two attached hydrogens (primary N) is 1. The molecule has 5 aliphatic rings. The van der Waals surface area contributed by atoms with Crippen LogP contribution in [-0.2, 0) is 47.9 Å². The Bertz CT molecular complexity index is 1790. The van der Waals surface area contributed by atoms with E-state index in [0.717, 1.165) is 9.80 Å². The highest BCUT2D eigenvalue weighted by Gasteiger charge is 2.47. The molecule has 5 aliphatic heterocycles. The minimum Gasteiger partial charge on any atom is -0.480 e. The van der Waals surface area contributed by atoms with Crippen molar-refractivity contribution in [2.75, 3.05) is 70.9 Å². The number of β-amino-alcohol motifs (C(OH)–C–C–N with tert-alkyl or cyclic N) is 3. The van der Waals surface area contributed by atoms with Crippen molar-refractivity contribution in [2.45, 2.75) is 106 Å². The first kappa shape index (κ1) is 48.9. The number of likely N-dealkylation sites (tertiary alicyclic amines) is 5. The summed E-state index contributed by atoms with van der Waals surface area (Å²) in [5.41, 5.74) is 5.49. The SMILES string of the molecule is CSCC[C@H](NC(=O)[C@@H]1C[C@@H](O)CN1C(=O)CNC(=O)[C@@H]1CCCN1C(=O)[C@@H]1C[C@@H](O)CN1C(=O)CNC(=O)[C@@H]1CCCN1C(=O)[C@@H]1C[C@@H](O)CN1C(=O)CN)C(=O)NCC(=O)O. The number of nitrogens with one attached hydrogen (secondary N) is 4. The Kier molecular flexibility index (Phi) is 17.1. The van der Waals surface area contributed by atoms with Crippen LogP contribution in [0.4, 0.5) is 0 Å². The molecule has 5 heterocycles. The van der Waals surface area contributed by atoms with Crippen LogP contribution in [0.1, 0.15) is 51.4 Å². The van der Waals surface area contributed by atoms with Gasteiger partial charge in [0.25, 0.3) is 0 Å². The van der Waals surface area contributed by atoms with E-state index in [1.165, 1.54) is 26.5 Å². The number of aliphatic carboxylic acids is 1. The number of amides is 9. The molecule has 5 rings (SSSR count). The number of aliphatic hydroxyl groups excluding tert-OH is 3. The summed E-state index contributed by atoms with van der Waals surface area (Å²) in [4.78, 5) is 136. The van der Waals surface area contributed by atoms with Crippen LogP contribution >= 0.6 is 11.8 Å². The molecule has 0 aromatic rings. The third-order valence-electron chi connectivity index (χ3n) is 12.0. The van der Waals surface area contributed by atoms with Gasteiger partial charge < -0.3 is 71.9 Å². The number of carbonyl (C=O) groups is 10. The largest absolute Gasteiger partial charge is 0.480 e. The van der Waals surface area contributed by atoms with Crippen molar-refractivity contribution in [1.29, 1.82) is 0 Å². The van der Waals surface area contributed by atoms with Crippen molar-refractivity contribution >= 4 is 70.9 Å². The molecular formula is C38H58N10O14S. The highest BCUT2D eigenvalue weighted by molar-refractivity contribution is 7.98. The monoisotopic (exact) mass is 910 g/mol. The van der Waals surface area contributed by atoms with E-state index in [9.17, 15) is 63.3 Å². The Labute approximate surface area is 366 Å². The maximum Gasteiger partial charge on any atom is 0.322 e. The van der Waals surface area contributed by atoms with Crippen molar-refractivity contribution in [3.63, 3.8) is 0 Å². The molecule has 63 heavy (non-hydrogen) atoms.